The van der Waals surface area contributed by atoms with Crippen molar-refractivity contribution in [3.8, 4) is 0 Å². The van der Waals surface area contributed by atoms with Gasteiger partial charge in [0.25, 0.3) is 0 Å². The molecule has 2 N–H and O–H groups in total. The molecule has 24 heavy (non-hydrogen) atoms. The van der Waals surface area contributed by atoms with Crippen molar-refractivity contribution in [3.63, 3.8) is 0 Å². The number of hydrogen-bond donors (Lipinski definition) is 2. The van der Waals surface area contributed by atoms with Gasteiger partial charge in [0.15, 0.2) is 0 Å². The number of nitrogens with one attached hydrogen (secondary N) is 1. The van der Waals surface area contributed by atoms with E-state index in [0.29, 0.717) is 12.3 Å². The van der Waals surface area contributed by atoms with Crippen molar-refractivity contribution < 1.29 is 9.52 Å². The van der Waals surface area contributed by atoms with E-state index >= 15 is 0 Å². The Kier molecular flexibility index (Phi) is 5.68. The topological polar surface area (TPSA) is 45.4 Å². The van der Waals surface area contributed by atoms with Gasteiger partial charge in [-0.3, -0.25) is 0 Å². The summed E-state index contributed by atoms with van der Waals surface area (Å²) in [6, 6.07) is 18.5. The van der Waals surface area contributed by atoms with Gasteiger partial charge in [0.2, 0.25) is 0 Å². The Balaban J connectivity index is 1.84. The van der Waals surface area contributed by atoms with E-state index in [4.69, 9.17) is 4.42 Å². The largest absolute Gasteiger partial charge is 0.458 e. The Morgan fingerprint density at radius 1 is 1.00 bits per heavy atom. The first-order chi connectivity index (χ1) is 11.8. The molecule has 3 heteroatoms. The molecule has 0 saturated carbocycles. The maximum absolute atomic E-state index is 10.6. The van der Waals surface area contributed by atoms with Crippen LogP contribution in [0.1, 0.15) is 36.3 Å². The van der Waals surface area contributed by atoms with E-state index in [-0.39, 0.29) is 0 Å². The quantitative estimate of drug-likeness (QED) is 0.609. The first kappa shape index (κ1) is 16.7. The van der Waals surface area contributed by atoms with Gasteiger partial charge < -0.3 is 14.8 Å². The molecule has 1 aromatic heterocycles. The van der Waals surface area contributed by atoms with Crippen molar-refractivity contribution in [2.24, 2.45) is 0 Å². The molecule has 0 fully saturated rings. The van der Waals surface area contributed by atoms with Gasteiger partial charge in [-0.15, -0.1) is 0 Å². The number of fused-ring (bicyclic) bond motifs is 1. The van der Waals surface area contributed by atoms with Gasteiger partial charge in [-0.05, 0) is 37.4 Å². The molecule has 126 valence electrons. The van der Waals surface area contributed by atoms with Crippen LogP contribution < -0.4 is 5.32 Å². The zero-order chi connectivity index (χ0) is 16.8. The lowest BCUT2D eigenvalue weighted by Gasteiger charge is -2.11. The van der Waals surface area contributed by atoms with Gasteiger partial charge in [-0.25, -0.2) is 0 Å². The highest BCUT2D eigenvalue weighted by Crippen LogP contribution is 2.31. The summed E-state index contributed by atoms with van der Waals surface area (Å²) in [6.45, 7) is 3.54. The zero-order valence-electron chi connectivity index (χ0n) is 14.2. The second-order valence-electron chi connectivity index (χ2n) is 6.15. The van der Waals surface area contributed by atoms with Crippen LogP contribution in [-0.4, -0.2) is 18.2 Å². The van der Waals surface area contributed by atoms with Crippen LogP contribution in [0, 0.1) is 0 Å². The number of benzene rings is 2. The Hall–Kier alpha value is -2.10. The fourth-order valence-corrected chi connectivity index (χ4v) is 3.07. The summed E-state index contributed by atoms with van der Waals surface area (Å²) in [5.74, 6) is 0.704. The normalized spacial score (nSPS) is 12.6. The van der Waals surface area contributed by atoms with Crippen molar-refractivity contribution in [2.75, 3.05) is 13.1 Å². The summed E-state index contributed by atoms with van der Waals surface area (Å²) in [7, 11) is 0. The van der Waals surface area contributed by atoms with Crippen LogP contribution >= 0.6 is 0 Å². The summed E-state index contributed by atoms with van der Waals surface area (Å²) in [6.07, 6.45) is 2.23. The monoisotopic (exact) mass is 323 g/mol. The number of para-hydroxylation sites is 1. The summed E-state index contributed by atoms with van der Waals surface area (Å²) in [5.41, 5.74) is 3.28. The molecule has 2 aromatic carbocycles. The molecule has 0 aliphatic heterocycles. The SMILES string of the molecule is CCCNCC(O)c1oc2ccccc2c1CCc1ccccc1. The van der Waals surface area contributed by atoms with Crippen LogP contribution in [0.15, 0.2) is 59.0 Å². The Labute approximate surface area is 143 Å². The van der Waals surface area contributed by atoms with E-state index < -0.39 is 6.10 Å². The molecule has 0 aliphatic carbocycles. The number of hydrogen-bond acceptors (Lipinski definition) is 3. The van der Waals surface area contributed by atoms with E-state index in [2.05, 4.69) is 42.6 Å². The number of rotatable bonds is 8. The molecule has 0 amide bonds. The lowest BCUT2D eigenvalue weighted by atomic mass is 10.00. The highest BCUT2D eigenvalue weighted by Gasteiger charge is 2.20. The van der Waals surface area contributed by atoms with Crippen LogP contribution in [0.2, 0.25) is 0 Å². The van der Waals surface area contributed by atoms with Crippen molar-refractivity contribution >= 4 is 11.0 Å². The molecule has 3 rings (SSSR count). The van der Waals surface area contributed by atoms with Crippen LogP contribution in [-0.2, 0) is 12.8 Å². The number of aliphatic hydroxyl groups excluding tert-OH is 1. The Morgan fingerprint density at radius 2 is 1.75 bits per heavy atom. The van der Waals surface area contributed by atoms with E-state index in [1.165, 1.54) is 5.56 Å². The smallest absolute Gasteiger partial charge is 0.138 e. The predicted molar refractivity (Wildman–Crippen MR) is 98.2 cm³/mol. The summed E-state index contributed by atoms with van der Waals surface area (Å²) in [4.78, 5) is 0. The van der Waals surface area contributed by atoms with Gasteiger partial charge in [0, 0.05) is 17.5 Å². The molecule has 1 atom stereocenters. The second-order valence-corrected chi connectivity index (χ2v) is 6.15. The van der Waals surface area contributed by atoms with Gasteiger partial charge >= 0.3 is 0 Å². The van der Waals surface area contributed by atoms with Crippen LogP contribution in [0.3, 0.4) is 0 Å². The molecule has 1 unspecified atom stereocenters. The van der Waals surface area contributed by atoms with Crippen LogP contribution in [0.4, 0.5) is 0 Å². The van der Waals surface area contributed by atoms with Gasteiger partial charge in [-0.2, -0.15) is 0 Å². The molecule has 0 radical (unpaired) electrons. The Morgan fingerprint density at radius 3 is 2.54 bits per heavy atom. The first-order valence-electron chi connectivity index (χ1n) is 8.72. The number of aliphatic hydroxyl groups is 1. The standard InChI is InChI=1S/C21H25NO2/c1-2-14-22-15-19(23)21-18(13-12-16-8-4-3-5-9-16)17-10-6-7-11-20(17)24-21/h3-11,19,22-23H,2,12-15H2,1H3. The Bertz CT molecular complexity index is 764. The molecule has 0 aliphatic rings. The zero-order valence-corrected chi connectivity index (χ0v) is 14.2. The number of aryl methyl sites for hydroxylation is 2. The molecular weight excluding hydrogens is 298 g/mol. The minimum atomic E-state index is -0.616. The third-order valence-electron chi connectivity index (χ3n) is 4.30. The van der Waals surface area contributed by atoms with E-state index in [1.807, 2.05) is 24.3 Å². The molecule has 0 spiro atoms. The van der Waals surface area contributed by atoms with Crippen LogP contribution in [0.25, 0.3) is 11.0 Å². The van der Waals surface area contributed by atoms with Crippen molar-refractivity contribution in [1.29, 1.82) is 0 Å². The maximum Gasteiger partial charge on any atom is 0.138 e. The summed E-state index contributed by atoms with van der Waals surface area (Å²) < 4.78 is 5.99. The predicted octanol–water partition coefficient (Wildman–Crippen LogP) is 4.25. The average Bonchev–Trinajstić information content (AvgIpc) is 3.00. The van der Waals surface area contributed by atoms with Crippen LogP contribution in [0.5, 0.6) is 0 Å². The maximum atomic E-state index is 10.6. The molecular formula is C21H25NO2. The van der Waals surface area contributed by atoms with Gasteiger partial charge in [-0.1, -0.05) is 55.5 Å². The van der Waals surface area contributed by atoms with Gasteiger partial charge in [0.05, 0.1) is 0 Å². The van der Waals surface area contributed by atoms with E-state index in [1.54, 1.807) is 0 Å². The lowest BCUT2D eigenvalue weighted by Crippen LogP contribution is -2.22. The second kappa shape index (κ2) is 8.13. The molecule has 0 saturated heterocycles. The van der Waals surface area contributed by atoms with E-state index in [9.17, 15) is 5.11 Å². The molecule has 1 heterocycles. The fraction of sp³-hybridized carbons (Fsp3) is 0.333. The summed E-state index contributed by atoms with van der Waals surface area (Å²) in [5, 5.41) is 14.9. The van der Waals surface area contributed by atoms with Crippen molar-refractivity contribution in [2.45, 2.75) is 32.3 Å². The fourth-order valence-electron chi connectivity index (χ4n) is 3.07. The summed E-state index contributed by atoms with van der Waals surface area (Å²) >= 11 is 0. The first-order valence-corrected chi connectivity index (χ1v) is 8.72. The molecule has 3 aromatic rings. The third-order valence-corrected chi connectivity index (χ3v) is 4.30. The van der Waals surface area contributed by atoms with Crippen molar-refractivity contribution in [3.05, 3.63) is 71.5 Å². The minimum absolute atomic E-state index is 0.520. The molecule has 0 bridgehead atoms. The van der Waals surface area contributed by atoms with Crippen molar-refractivity contribution in [1.82, 2.24) is 5.32 Å². The number of furan rings is 1. The van der Waals surface area contributed by atoms with Gasteiger partial charge in [0.1, 0.15) is 17.4 Å². The molecule has 3 nitrogen and oxygen atoms in total. The van der Waals surface area contributed by atoms with E-state index in [0.717, 1.165) is 42.3 Å². The average molecular weight is 323 g/mol. The lowest BCUT2D eigenvalue weighted by molar-refractivity contribution is 0.148. The highest BCUT2D eigenvalue weighted by molar-refractivity contribution is 5.82. The third kappa shape index (κ3) is 3.86. The highest BCUT2D eigenvalue weighted by atomic mass is 16.4. The minimum Gasteiger partial charge on any atom is -0.458 e.